The van der Waals surface area contributed by atoms with E-state index < -0.39 is 0 Å². The Bertz CT molecular complexity index is 642. The van der Waals surface area contributed by atoms with Crippen molar-refractivity contribution in [1.29, 1.82) is 0 Å². The van der Waals surface area contributed by atoms with E-state index in [1.54, 1.807) is 12.3 Å². The zero-order valence-electron chi connectivity index (χ0n) is 11.5. The Labute approximate surface area is 144 Å². The number of pyridine rings is 1. The first kappa shape index (κ1) is 15.4. The van der Waals surface area contributed by atoms with Crippen LogP contribution in [0.4, 0.5) is 0 Å². The standard InChI is InChI=1S/C18H12Cl3N/c19-15-6-1-12(2-7-15)18(13-3-8-16(20)9-4-13)14-5-10-17(21)22-11-14/h1-11,18H. The quantitative estimate of drug-likeness (QED) is 0.512. The van der Waals surface area contributed by atoms with Crippen molar-refractivity contribution in [1.82, 2.24) is 4.98 Å². The minimum absolute atomic E-state index is 0.0549. The van der Waals surface area contributed by atoms with Crippen molar-refractivity contribution in [2.45, 2.75) is 5.92 Å². The summed E-state index contributed by atoms with van der Waals surface area (Å²) >= 11 is 17.9. The van der Waals surface area contributed by atoms with Gasteiger partial charge in [0.25, 0.3) is 0 Å². The minimum atomic E-state index is 0.0549. The number of aromatic nitrogens is 1. The molecule has 0 aliphatic rings. The largest absolute Gasteiger partial charge is 0.244 e. The molecule has 3 rings (SSSR count). The van der Waals surface area contributed by atoms with Crippen molar-refractivity contribution in [3.8, 4) is 0 Å². The van der Waals surface area contributed by atoms with Crippen LogP contribution in [-0.2, 0) is 0 Å². The average molecular weight is 349 g/mol. The minimum Gasteiger partial charge on any atom is -0.244 e. The van der Waals surface area contributed by atoms with Gasteiger partial charge in [0.2, 0.25) is 0 Å². The van der Waals surface area contributed by atoms with Crippen molar-refractivity contribution >= 4 is 34.8 Å². The van der Waals surface area contributed by atoms with E-state index in [0.29, 0.717) is 15.2 Å². The van der Waals surface area contributed by atoms with Gasteiger partial charge in [0, 0.05) is 22.2 Å². The van der Waals surface area contributed by atoms with Gasteiger partial charge in [-0.15, -0.1) is 0 Å². The molecule has 110 valence electrons. The molecular formula is C18H12Cl3N. The van der Waals surface area contributed by atoms with Crippen molar-refractivity contribution < 1.29 is 0 Å². The highest BCUT2D eigenvalue weighted by atomic mass is 35.5. The van der Waals surface area contributed by atoms with Gasteiger partial charge in [-0.1, -0.05) is 65.1 Å². The predicted molar refractivity (Wildman–Crippen MR) is 93.1 cm³/mol. The lowest BCUT2D eigenvalue weighted by Gasteiger charge is -2.18. The Balaban J connectivity index is 2.10. The van der Waals surface area contributed by atoms with Gasteiger partial charge in [0.05, 0.1) is 0 Å². The van der Waals surface area contributed by atoms with E-state index in [1.165, 1.54) is 0 Å². The van der Waals surface area contributed by atoms with Crippen LogP contribution in [0.3, 0.4) is 0 Å². The highest BCUT2D eigenvalue weighted by molar-refractivity contribution is 6.31. The Morgan fingerprint density at radius 3 is 1.45 bits per heavy atom. The van der Waals surface area contributed by atoms with Gasteiger partial charge >= 0.3 is 0 Å². The summed E-state index contributed by atoms with van der Waals surface area (Å²) in [6, 6.07) is 19.5. The predicted octanol–water partition coefficient (Wildman–Crippen LogP) is 6.22. The Kier molecular flexibility index (Phi) is 4.68. The smallest absolute Gasteiger partial charge is 0.129 e. The highest BCUT2D eigenvalue weighted by Crippen LogP contribution is 2.33. The Morgan fingerprint density at radius 2 is 1.05 bits per heavy atom. The third-order valence-corrected chi connectivity index (χ3v) is 4.22. The van der Waals surface area contributed by atoms with Gasteiger partial charge in [0.15, 0.2) is 0 Å². The summed E-state index contributed by atoms with van der Waals surface area (Å²) in [4.78, 5) is 4.20. The van der Waals surface area contributed by atoms with Crippen LogP contribution in [-0.4, -0.2) is 4.98 Å². The summed E-state index contributed by atoms with van der Waals surface area (Å²) in [5.74, 6) is 0.0549. The van der Waals surface area contributed by atoms with Crippen molar-refractivity contribution in [2.24, 2.45) is 0 Å². The second-order valence-corrected chi connectivity index (χ2v) is 6.21. The van der Waals surface area contributed by atoms with Crippen LogP contribution in [0.15, 0.2) is 66.9 Å². The van der Waals surface area contributed by atoms with Crippen LogP contribution >= 0.6 is 34.8 Å². The van der Waals surface area contributed by atoms with E-state index in [1.807, 2.05) is 54.6 Å². The third-order valence-electron chi connectivity index (χ3n) is 3.49. The molecule has 2 aromatic carbocycles. The summed E-state index contributed by atoms with van der Waals surface area (Å²) < 4.78 is 0. The Hall–Kier alpha value is -1.54. The molecule has 4 heteroatoms. The molecule has 0 spiro atoms. The molecule has 0 amide bonds. The maximum atomic E-state index is 6.00. The molecule has 0 atom stereocenters. The molecule has 1 heterocycles. The molecule has 0 radical (unpaired) electrons. The van der Waals surface area contributed by atoms with Crippen LogP contribution in [0, 0.1) is 0 Å². The van der Waals surface area contributed by atoms with Crippen LogP contribution in [0.2, 0.25) is 15.2 Å². The fraction of sp³-hybridized carbons (Fsp3) is 0.0556. The number of hydrogen-bond acceptors (Lipinski definition) is 1. The molecule has 0 bridgehead atoms. The van der Waals surface area contributed by atoms with Crippen molar-refractivity contribution in [3.05, 3.63) is 98.7 Å². The number of hydrogen-bond donors (Lipinski definition) is 0. The second-order valence-electron chi connectivity index (χ2n) is 4.95. The van der Waals surface area contributed by atoms with Crippen molar-refractivity contribution in [2.75, 3.05) is 0 Å². The summed E-state index contributed by atoms with van der Waals surface area (Å²) in [6.07, 6.45) is 1.80. The van der Waals surface area contributed by atoms with Gasteiger partial charge < -0.3 is 0 Å². The summed E-state index contributed by atoms with van der Waals surface area (Å²) in [7, 11) is 0. The summed E-state index contributed by atoms with van der Waals surface area (Å²) in [6.45, 7) is 0. The fourth-order valence-electron chi connectivity index (χ4n) is 2.45. The highest BCUT2D eigenvalue weighted by Gasteiger charge is 2.17. The Morgan fingerprint density at radius 1 is 0.591 bits per heavy atom. The lowest BCUT2D eigenvalue weighted by Crippen LogP contribution is -2.03. The first-order chi connectivity index (χ1) is 10.6. The molecule has 0 unspecified atom stereocenters. The van der Waals surface area contributed by atoms with E-state index in [-0.39, 0.29) is 5.92 Å². The van der Waals surface area contributed by atoms with E-state index in [2.05, 4.69) is 4.98 Å². The molecule has 3 aromatic rings. The van der Waals surface area contributed by atoms with Crippen LogP contribution in [0.5, 0.6) is 0 Å². The molecule has 0 fully saturated rings. The molecule has 0 saturated heterocycles. The lowest BCUT2D eigenvalue weighted by molar-refractivity contribution is 0.963. The molecule has 1 nitrogen and oxygen atoms in total. The van der Waals surface area contributed by atoms with Crippen molar-refractivity contribution in [3.63, 3.8) is 0 Å². The van der Waals surface area contributed by atoms with Crippen LogP contribution < -0.4 is 0 Å². The van der Waals surface area contributed by atoms with Gasteiger partial charge in [-0.05, 0) is 47.0 Å². The number of benzene rings is 2. The molecule has 0 N–H and O–H groups in total. The lowest BCUT2D eigenvalue weighted by atomic mass is 9.86. The normalized spacial score (nSPS) is 10.9. The summed E-state index contributed by atoms with van der Waals surface area (Å²) in [5, 5.41) is 1.91. The first-order valence-corrected chi connectivity index (χ1v) is 7.89. The maximum absolute atomic E-state index is 6.00. The van der Waals surface area contributed by atoms with Gasteiger partial charge in [-0.3, -0.25) is 0 Å². The zero-order valence-corrected chi connectivity index (χ0v) is 13.8. The zero-order chi connectivity index (χ0) is 15.5. The topological polar surface area (TPSA) is 12.9 Å². The number of halogens is 3. The van der Waals surface area contributed by atoms with Gasteiger partial charge in [-0.25, -0.2) is 4.98 Å². The first-order valence-electron chi connectivity index (χ1n) is 6.76. The van der Waals surface area contributed by atoms with Gasteiger partial charge in [0.1, 0.15) is 5.15 Å². The van der Waals surface area contributed by atoms with Crippen LogP contribution in [0.1, 0.15) is 22.6 Å². The van der Waals surface area contributed by atoms with Crippen LogP contribution in [0.25, 0.3) is 0 Å². The number of nitrogens with zero attached hydrogens (tertiary/aromatic N) is 1. The molecule has 0 saturated carbocycles. The number of rotatable bonds is 3. The molecule has 1 aromatic heterocycles. The summed E-state index contributed by atoms with van der Waals surface area (Å²) in [5.41, 5.74) is 3.33. The molecule has 22 heavy (non-hydrogen) atoms. The van der Waals surface area contributed by atoms with Gasteiger partial charge in [-0.2, -0.15) is 0 Å². The molecule has 0 aliphatic heterocycles. The maximum Gasteiger partial charge on any atom is 0.129 e. The van der Waals surface area contributed by atoms with E-state index >= 15 is 0 Å². The van der Waals surface area contributed by atoms with E-state index in [0.717, 1.165) is 16.7 Å². The monoisotopic (exact) mass is 347 g/mol. The average Bonchev–Trinajstić information content (AvgIpc) is 2.53. The second kappa shape index (κ2) is 6.70. The molecular weight excluding hydrogens is 337 g/mol. The van der Waals surface area contributed by atoms with E-state index in [4.69, 9.17) is 34.8 Å². The molecule has 0 aliphatic carbocycles. The van der Waals surface area contributed by atoms with E-state index in [9.17, 15) is 0 Å². The third kappa shape index (κ3) is 3.44. The fourth-order valence-corrected chi connectivity index (χ4v) is 2.81. The SMILES string of the molecule is Clc1ccc(C(c2ccc(Cl)cc2)c2ccc(Cl)nc2)cc1.